The molecule has 1 aromatic carbocycles. The molecular formula is C10H10ClN5O2S. The molecule has 1 aromatic heterocycles. The van der Waals surface area contributed by atoms with Gasteiger partial charge >= 0.3 is 0 Å². The zero-order valence-corrected chi connectivity index (χ0v) is 11.5. The van der Waals surface area contributed by atoms with Gasteiger partial charge in [-0.15, -0.1) is 10.2 Å². The van der Waals surface area contributed by atoms with Crippen LogP contribution in [0.4, 0.5) is 11.6 Å². The minimum Gasteiger partial charge on any atom is -0.368 e. The van der Waals surface area contributed by atoms with Gasteiger partial charge in [-0.2, -0.15) is 0 Å². The Labute approximate surface area is 117 Å². The number of hydrogen-bond donors (Lipinski definition) is 1. The van der Waals surface area contributed by atoms with E-state index in [0.29, 0.717) is 27.4 Å². The van der Waals surface area contributed by atoms with Crippen molar-refractivity contribution in [2.24, 2.45) is 7.05 Å². The topological polar surface area (TPSA) is 99.9 Å². The lowest BCUT2D eigenvalue weighted by atomic mass is 10.2. The molecule has 0 saturated carbocycles. The number of aromatic nitrogens is 3. The fourth-order valence-corrected chi connectivity index (χ4v) is 2.54. The summed E-state index contributed by atoms with van der Waals surface area (Å²) in [5, 5.41) is 19.6. The van der Waals surface area contributed by atoms with E-state index in [0.717, 1.165) is 0 Å². The van der Waals surface area contributed by atoms with Crippen molar-refractivity contribution >= 4 is 35.0 Å². The first-order chi connectivity index (χ1) is 8.99. The van der Waals surface area contributed by atoms with Crippen molar-refractivity contribution in [2.45, 2.75) is 10.9 Å². The quantitative estimate of drug-likeness (QED) is 0.528. The lowest BCUT2D eigenvalue weighted by Gasteiger charge is -2.03. The minimum absolute atomic E-state index is 0.0343. The second kappa shape index (κ2) is 5.45. The van der Waals surface area contributed by atoms with E-state index < -0.39 is 4.92 Å². The van der Waals surface area contributed by atoms with Gasteiger partial charge in [-0.3, -0.25) is 14.7 Å². The zero-order chi connectivity index (χ0) is 14.0. The standard InChI is InChI=1S/C10H10ClN5O2S/c1-15-9(12)13-14-10(15)19-5-6-4-7(11)2-3-8(6)16(17)18/h2-4H,5H2,1H3,(H2,12,13). The summed E-state index contributed by atoms with van der Waals surface area (Å²) in [6.45, 7) is 0. The van der Waals surface area contributed by atoms with Gasteiger partial charge in [0.05, 0.1) is 4.92 Å². The van der Waals surface area contributed by atoms with E-state index in [1.54, 1.807) is 17.7 Å². The lowest BCUT2D eigenvalue weighted by molar-refractivity contribution is -0.385. The molecule has 0 radical (unpaired) electrons. The second-order valence-electron chi connectivity index (χ2n) is 3.72. The van der Waals surface area contributed by atoms with Crippen LogP contribution in [0.5, 0.6) is 0 Å². The number of nitrogens with two attached hydrogens (primary N) is 1. The summed E-state index contributed by atoms with van der Waals surface area (Å²) in [5.74, 6) is 0.658. The molecule has 1 heterocycles. The normalized spacial score (nSPS) is 10.6. The fraction of sp³-hybridized carbons (Fsp3) is 0.200. The van der Waals surface area contributed by atoms with Crippen LogP contribution in [-0.4, -0.2) is 19.7 Å². The second-order valence-corrected chi connectivity index (χ2v) is 5.10. The third-order valence-electron chi connectivity index (χ3n) is 2.46. The molecule has 0 spiro atoms. The maximum Gasteiger partial charge on any atom is 0.273 e. The van der Waals surface area contributed by atoms with Crippen LogP contribution in [0.3, 0.4) is 0 Å². The molecule has 0 fully saturated rings. The van der Waals surface area contributed by atoms with Crippen molar-refractivity contribution < 1.29 is 4.92 Å². The van der Waals surface area contributed by atoms with Gasteiger partial charge in [0.15, 0.2) is 5.16 Å². The maximum atomic E-state index is 10.9. The highest BCUT2D eigenvalue weighted by molar-refractivity contribution is 7.98. The van der Waals surface area contributed by atoms with Gasteiger partial charge in [-0.1, -0.05) is 23.4 Å². The van der Waals surface area contributed by atoms with Gasteiger partial charge in [0.2, 0.25) is 5.95 Å². The van der Waals surface area contributed by atoms with E-state index in [-0.39, 0.29) is 5.69 Å². The Morgan fingerprint density at radius 2 is 2.26 bits per heavy atom. The van der Waals surface area contributed by atoms with Crippen LogP contribution >= 0.6 is 23.4 Å². The molecule has 19 heavy (non-hydrogen) atoms. The SMILES string of the molecule is Cn1c(N)nnc1SCc1cc(Cl)ccc1[N+](=O)[O-]. The van der Waals surface area contributed by atoms with Crippen molar-refractivity contribution in [3.63, 3.8) is 0 Å². The Kier molecular flexibility index (Phi) is 3.91. The Morgan fingerprint density at radius 1 is 1.53 bits per heavy atom. The minimum atomic E-state index is -0.433. The van der Waals surface area contributed by atoms with Crippen LogP contribution in [0, 0.1) is 10.1 Å². The molecule has 0 amide bonds. The molecule has 0 aliphatic rings. The molecule has 7 nitrogen and oxygen atoms in total. The highest BCUT2D eigenvalue weighted by atomic mass is 35.5. The molecular weight excluding hydrogens is 290 g/mol. The number of nitrogens with zero attached hydrogens (tertiary/aromatic N) is 4. The van der Waals surface area contributed by atoms with E-state index >= 15 is 0 Å². The van der Waals surface area contributed by atoms with Crippen LogP contribution in [0.1, 0.15) is 5.56 Å². The average molecular weight is 300 g/mol. The molecule has 0 aliphatic carbocycles. The van der Waals surface area contributed by atoms with Crippen LogP contribution < -0.4 is 5.73 Å². The summed E-state index contributed by atoms with van der Waals surface area (Å²) in [7, 11) is 1.73. The third-order valence-corrected chi connectivity index (χ3v) is 3.77. The molecule has 2 N–H and O–H groups in total. The summed E-state index contributed by atoms with van der Waals surface area (Å²) in [5.41, 5.74) is 6.12. The van der Waals surface area contributed by atoms with Crippen molar-refractivity contribution in [3.05, 3.63) is 38.9 Å². The smallest absolute Gasteiger partial charge is 0.273 e. The maximum absolute atomic E-state index is 10.9. The summed E-state index contributed by atoms with van der Waals surface area (Å²) >= 11 is 7.16. The van der Waals surface area contributed by atoms with E-state index in [9.17, 15) is 10.1 Å². The first kappa shape index (κ1) is 13.6. The number of nitro groups is 1. The van der Waals surface area contributed by atoms with Crippen molar-refractivity contribution in [1.82, 2.24) is 14.8 Å². The number of rotatable bonds is 4. The number of nitrogen functional groups attached to an aromatic ring is 1. The number of halogens is 1. The fourth-order valence-electron chi connectivity index (χ4n) is 1.44. The highest BCUT2D eigenvalue weighted by Crippen LogP contribution is 2.29. The number of thioether (sulfide) groups is 1. The van der Waals surface area contributed by atoms with Crippen molar-refractivity contribution in [3.8, 4) is 0 Å². The molecule has 0 bridgehead atoms. The van der Waals surface area contributed by atoms with Gasteiger partial charge < -0.3 is 5.73 Å². The number of hydrogen-bond acceptors (Lipinski definition) is 6. The predicted octanol–water partition coefficient (Wildman–Crippen LogP) is 2.25. The van der Waals surface area contributed by atoms with Crippen LogP contribution in [0.15, 0.2) is 23.4 Å². The van der Waals surface area contributed by atoms with Gasteiger partial charge in [-0.05, 0) is 12.1 Å². The highest BCUT2D eigenvalue weighted by Gasteiger charge is 2.15. The first-order valence-corrected chi connectivity index (χ1v) is 6.56. The monoisotopic (exact) mass is 299 g/mol. The van der Waals surface area contributed by atoms with E-state index in [1.165, 1.54) is 23.9 Å². The summed E-state index contributed by atoms with van der Waals surface area (Å²) in [6.07, 6.45) is 0. The number of anilines is 1. The molecule has 0 aliphatic heterocycles. The van der Waals surface area contributed by atoms with Crippen molar-refractivity contribution in [2.75, 3.05) is 5.73 Å². The predicted molar refractivity (Wildman–Crippen MR) is 73.1 cm³/mol. The Hall–Kier alpha value is -1.80. The van der Waals surface area contributed by atoms with Crippen LogP contribution in [0.2, 0.25) is 5.02 Å². The number of nitro benzene ring substituents is 1. The summed E-state index contributed by atoms with van der Waals surface area (Å²) < 4.78 is 1.61. The van der Waals surface area contributed by atoms with Crippen molar-refractivity contribution in [1.29, 1.82) is 0 Å². The van der Waals surface area contributed by atoms with Crippen LogP contribution in [-0.2, 0) is 12.8 Å². The largest absolute Gasteiger partial charge is 0.368 e. The molecule has 9 heteroatoms. The number of benzene rings is 1. The summed E-state index contributed by atoms with van der Waals surface area (Å²) in [6, 6.07) is 4.46. The Bertz CT molecular complexity index is 630. The van der Waals surface area contributed by atoms with Gasteiger partial charge in [0.1, 0.15) is 0 Å². The molecule has 0 unspecified atom stereocenters. The van der Waals surface area contributed by atoms with Gasteiger partial charge in [0.25, 0.3) is 5.69 Å². The molecule has 0 saturated heterocycles. The zero-order valence-electron chi connectivity index (χ0n) is 9.91. The molecule has 100 valence electrons. The molecule has 2 rings (SSSR count). The average Bonchev–Trinajstić information content (AvgIpc) is 2.67. The van der Waals surface area contributed by atoms with Gasteiger partial charge in [-0.25, -0.2) is 0 Å². The first-order valence-electron chi connectivity index (χ1n) is 5.19. The summed E-state index contributed by atoms with van der Waals surface area (Å²) in [4.78, 5) is 10.5. The molecule has 0 atom stereocenters. The third kappa shape index (κ3) is 2.96. The van der Waals surface area contributed by atoms with E-state index in [1.807, 2.05) is 0 Å². The van der Waals surface area contributed by atoms with Crippen LogP contribution in [0.25, 0.3) is 0 Å². The van der Waals surface area contributed by atoms with E-state index in [4.69, 9.17) is 17.3 Å². The Morgan fingerprint density at radius 3 is 2.84 bits per heavy atom. The van der Waals surface area contributed by atoms with Gasteiger partial charge in [0, 0.05) is 29.5 Å². The lowest BCUT2D eigenvalue weighted by Crippen LogP contribution is -1.99. The molecule has 2 aromatic rings. The van der Waals surface area contributed by atoms with E-state index in [2.05, 4.69) is 10.2 Å². The Balaban J connectivity index is 2.21.